The maximum Gasteiger partial charge on any atom is 0.175 e. The molecule has 0 saturated heterocycles. The molecule has 0 heterocycles. The van der Waals surface area contributed by atoms with Crippen molar-refractivity contribution < 1.29 is 14.6 Å². The van der Waals surface area contributed by atoms with Gasteiger partial charge in [0.25, 0.3) is 0 Å². The molecule has 102 valence electrons. The number of methoxy groups -OCH3 is 1. The summed E-state index contributed by atoms with van der Waals surface area (Å²) < 4.78 is 11.6. The van der Waals surface area contributed by atoms with E-state index in [0.717, 1.165) is 17.4 Å². The van der Waals surface area contributed by atoms with E-state index in [1.165, 1.54) is 0 Å². The fraction of sp³-hybridized carbons (Fsp3) is 0.538. The van der Waals surface area contributed by atoms with E-state index in [-0.39, 0.29) is 6.61 Å². The van der Waals surface area contributed by atoms with E-state index in [1.54, 1.807) is 7.11 Å². The van der Waals surface area contributed by atoms with Crippen LogP contribution in [0.5, 0.6) is 11.5 Å². The van der Waals surface area contributed by atoms with Crippen LogP contribution < -0.4 is 14.8 Å². The van der Waals surface area contributed by atoms with Crippen LogP contribution in [0.1, 0.15) is 13.3 Å². The van der Waals surface area contributed by atoms with Gasteiger partial charge in [0, 0.05) is 6.54 Å². The van der Waals surface area contributed by atoms with E-state index in [0.29, 0.717) is 18.0 Å². The quantitative estimate of drug-likeness (QED) is 0.722. The van der Waals surface area contributed by atoms with Crippen molar-refractivity contribution in [2.75, 3.05) is 26.8 Å². The lowest BCUT2D eigenvalue weighted by atomic mass is 10.3. The Hall–Kier alpha value is -0.780. The Morgan fingerprint density at radius 2 is 2.22 bits per heavy atom. The molecule has 0 amide bonds. The van der Waals surface area contributed by atoms with Gasteiger partial charge >= 0.3 is 0 Å². The Morgan fingerprint density at radius 1 is 1.44 bits per heavy atom. The molecule has 0 aliphatic rings. The molecule has 1 aromatic carbocycles. The molecule has 0 fully saturated rings. The SMILES string of the molecule is CCCNCC(O)COc1c(Br)cccc1OC. The number of aliphatic hydroxyl groups is 1. The van der Waals surface area contributed by atoms with Crippen molar-refractivity contribution in [1.29, 1.82) is 0 Å². The lowest BCUT2D eigenvalue weighted by molar-refractivity contribution is 0.104. The van der Waals surface area contributed by atoms with Crippen LogP contribution in [0.15, 0.2) is 22.7 Å². The second kappa shape index (κ2) is 8.34. The van der Waals surface area contributed by atoms with Gasteiger partial charge < -0.3 is 19.9 Å². The zero-order chi connectivity index (χ0) is 13.4. The maximum absolute atomic E-state index is 9.75. The fourth-order valence-electron chi connectivity index (χ4n) is 1.47. The van der Waals surface area contributed by atoms with Crippen LogP contribution >= 0.6 is 15.9 Å². The van der Waals surface area contributed by atoms with Crippen molar-refractivity contribution in [1.82, 2.24) is 5.32 Å². The van der Waals surface area contributed by atoms with Crippen LogP contribution in [0.3, 0.4) is 0 Å². The van der Waals surface area contributed by atoms with Gasteiger partial charge in [-0.25, -0.2) is 0 Å². The first kappa shape index (κ1) is 15.3. The molecule has 0 radical (unpaired) electrons. The Balaban J connectivity index is 2.47. The van der Waals surface area contributed by atoms with Crippen LogP contribution in [0.2, 0.25) is 0 Å². The van der Waals surface area contributed by atoms with Crippen molar-refractivity contribution >= 4 is 15.9 Å². The minimum atomic E-state index is -0.534. The van der Waals surface area contributed by atoms with Crippen molar-refractivity contribution in [3.05, 3.63) is 22.7 Å². The maximum atomic E-state index is 9.75. The monoisotopic (exact) mass is 317 g/mol. The average Bonchev–Trinajstić information content (AvgIpc) is 2.37. The van der Waals surface area contributed by atoms with E-state index in [4.69, 9.17) is 9.47 Å². The highest BCUT2D eigenvalue weighted by atomic mass is 79.9. The Morgan fingerprint density at radius 3 is 2.89 bits per heavy atom. The van der Waals surface area contributed by atoms with Gasteiger partial charge in [0.15, 0.2) is 11.5 Å². The Bertz CT molecular complexity index is 360. The lowest BCUT2D eigenvalue weighted by Crippen LogP contribution is -2.31. The van der Waals surface area contributed by atoms with E-state index in [9.17, 15) is 5.11 Å². The molecule has 1 atom stereocenters. The van der Waals surface area contributed by atoms with Crippen molar-refractivity contribution in [3.8, 4) is 11.5 Å². The molecule has 0 bridgehead atoms. The van der Waals surface area contributed by atoms with E-state index in [2.05, 4.69) is 28.2 Å². The molecule has 18 heavy (non-hydrogen) atoms. The highest BCUT2D eigenvalue weighted by Gasteiger charge is 2.11. The number of aliphatic hydroxyl groups excluding tert-OH is 1. The summed E-state index contributed by atoms with van der Waals surface area (Å²) in [4.78, 5) is 0. The predicted octanol–water partition coefficient (Wildman–Crippen LogP) is 2.20. The predicted molar refractivity (Wildman–Crippen MR) is 75.4 cm³/mol. The normalized spacial score (nSPS) is 12.2. The van der Waals surface area contributed by atoms with Crippen molar-refractivity contribution in [3.63, 3.8) is 0 Å². The number of halogens is 1. The number of para-hydroxylation sites is 1. The standard InChI is InChI=1S/C13H20BrNO3/c1-3-7-15-8-10(16)9-18-13-11(14)5-4-6-12(13)17-2/h4-6,10,15-16H,3,7-9H2,1-2H3. The first-order valence-electron chi connectivity index (χ1n) is 6.03. The van der Waals surface area contributed by atoms with Crippen LogP contribution in [-0.2, 0) is 0 Å². The molecule has 0 aliphatic heterocycles. The summed E-state index contributed by atoms with van der Waals surface area (Å²) in [5.74, 6) is 1.27. The van der Waals surface area contributed by atoms with Gasteiger partial charge in [-0.05, 0) is 41.0 Å². The van der Waals surface area contributed by atoms with E-state index >= 15 is 0 Å². The molecule has 0 aromatic heterocycles. The Kier molecular flexibility index (Phi) is 7.08. The van der Waals surface area contributed by atoms with Crippen LogP contribution in [0.25, 0.3) is 0 Å². The number of hydrogen-bond donors (Lipinski definition) is 2. The van der Waals surface area contributed by atoms with Gasteiger partial charge in [-0.15, -0.1) is 0 Å². The van der Waals surface area contributed by atoms with E-state index in [1.807, 2.05) is 18.2 Å². The first-order chi connectivity index (χ1) is 8.69. The van der Waals surface area contributed by atoms with Gasteiger partial charge in [-0.1, -0.05) is 13.0 Å². The van der Waals surface area contributed by atoms with Gasteiger partial charge in [0.1, 0.15) is 12.7 Å². The fourth-order valence-corrected chi connectivity index (χ4v) is 1.94. The van der Waals surface area contributed by atoms with Gasteiger partial charge in [-0.3, -0.25) is 0 Å². The van der Waals surface area contributed by atoms with Crippen LogP contribution in [0, 0.1) is 0 Å². The molecule has 1 rings (SSSR count). The highest BCUT2D eigenvalue weighted by molar-refractivity contribution is 9.10. The number of benzene rings is 1. The van der Waals surface area contributed by atoms with Gasteiger partial charge in [0.2, 0.25) is 0 Å². The molecule has 0 spiro atoms. The molecule has 4 nitrogen and oxygen atoms in total. The van der Waals surface area contributed by atoms with Gasteiger partial charge in [-0.2, -0.15) is 0 Å². The summed E-state index contributed by atoms with van der Waals surface area (Å²) in [5.41, 5.74) is 0. The molecule has 0 saturated carbocycles. The number of nitrogens with one attached hydrogen (secondary N) is 1. The molecule has 2 N–H and O–H groups in total. The minimum absolute atomic E-state index is 0.232. The summed E-state index contributed by atoms with van der Waals surface area (Å²) in [5, 5.41) is 12.9. The Labute approximate surface area is 116 Å². The molecule has 1 aromatic rings. The number of ether oxygens (including phenoxy) is 2. The second-order valence-corrected chi connectivity index (χ2v) is 4.79. The summed E-state index contributed by atoms with van der Waals surface area (Å²) in [6.45, 7) is 3.74. The number of hydrogen-bond acceptors (Lipinski definition) is 4. The highest BCUT2D eigenvalue weighted by Crippen LogP contribution is 2.34. The third kappa shape index (κ3) is 4.84. The third-order valence-electron chi connectivity index (χ3n) is 2.38. The smallest absolute Gasteiger partial charge is 0.175 e. The third-order valence-corrected chi connectivity index (χ3v) is 3.00. The summed E-state index contributed by atoms with van der Waals surface area (Å²) in [6, 6.07) is 5.57. The molecular weight excluding hydrogens is 298 g/mol. The number of rotatable bonds is 8. The van der Waals surface area contributed by atoms with Crippen LogP contribution in [0.4, 0.5) is 0 Å². The largest absolute Gasteiger partial charge is 0.493 e. The summed E-state index contributed by atoms with van der Waals surface area (Å²) >= 11 is 3.40. The topological polar surface area (TPSA) is 50.7 Å². The van der Waals surface area contributed by atoms with Crippen molar-refractivity contribution in [2.24, 2.45) is 0 Å². The first-order valence-corrected chi connectivity index (χ1v) is 6.82. The van der Waals surface area contributed by atoms with Crippen LogP contribution in [-0.4, -0.2) is 38.0 Å². The van der Waals surface area contributed by atoms with Gasteiger partial charge in [0.05, 0.1) is 11.6 Å². The summed E-state index contributed by atoms with van der Waals surface area (Å²) in [6.07, 6.45) is 0.513. The minimum Gasteiger partial charge on any atom is -0.493 e. The zero-order valence-electron chi connectivity index (χ0n) is 10.8. The second-order valence-electron chi connectivity index (χ2n) is 3.94. The molecule has 0 aliphatic carbocycles. The van der Waals surface area contributed by atoms with E-state index < -0.39 is 6.10 Å². The molecular formula is C13H20BrNO3. The molecule has 5 heteroatoms. The average molecular weight is 318 g/mol. The lowest BCUT2D eigenvalue weighted by Gasteiger charge is -2.15. The summed E-state index contributed by atoms with van der Waals surface area (Å²) in [7, 11) is 1.59. The van der Waals surface area contributed by atoms with Crippen molar-refractivity contribution in [2.45, 2.75) is 19.4 Å². The molecule has 1 unspecified atom stereocenters. The zero-order valence-corrected chi connectivity index (χ0v) is 12.4.